The van der Waals surface area contributed by atoms with Gasteiger partial charge in [-0.05, 0) is 13.8 Å². The number of carbonyl (C=O) groups is 1. The fourth-order valence-electron chi connectivity index (χ4n) is 0.848. The van der Waals surface area contributed by atoms with E-state index >= 15 is 0 Å². The Labute approximate surface area is 89.9 Å². The highest BCUT2D eigenvalue weighted by Gasteiger charge is 2.11. The van der Waals surface area contributed by atoms with Crippen LogP contribution >= 0.6 is 22.6 Å². The van der Waals surface area contributed by atoms with Crippen molar-refractivity contribution in [2.45, 2.75) is 13.8 Å². The summed E-state index contributed by atoms with van der Waals surface area (Å²) >= 11 is 1.99. The summed E-state index contributed by atoms with van der Waals surface area (Å²) in [6.45, 7) is 3.89. The Morgan fingerprint density at radius 2 is 2.38 bits per heavy atom. The van der Waals surface area contributed by atoms with Gasteiger partial charge in [-0.25, -0.2) is 14.8 Å². The molecular formula is C8H9IN2O2. The van der Waals surface area contributed by atoms with Gasteiger partial charge in [0.05, 0.1) is 17.9 Å². The number of ether oxygens (including phenoxy) is 1. The van der Waals surface area contributed by atoms with Crippen LogP contribution in [0.5, 0.6) is 0 Å². The van der Waals surface area contributed by atoms with E-state index in [0.29, 0.717) is 21.7 Å². The number of rotatable bonds is 2. The van der Waals surface area contributed by atoms with Crippen molar-refractivity contribution < 1.29 is 9.53 Å². The van der Waals surface area contributed by atoms with E-state index < -0.39 is 0 Å². The standard InChI is InChI=1S/C8H9IN2O2/c1-3-13-7(12)6-4-10-8(9)11-5(6)2/h4H,3H2,1-2H3. The lowest BCUT2D eigenvalue weighted by atomic mass is 10.2. The first kappa shape index (κ1) is 10.4. The van der Waals surface area contributed by atoms with Gasteiger partial charge < -0.3 is 4.74 Å². The van der Waals surface area contributed by atoms with Gasteiger partial charge in [-0.3, -0.25) is 0 Å². The molecule has 1 aromatic rings. The maximum absolute atomic E-state index is 11.3. The van der Waals surface area contributed by atoms with Crippen molar-refractivity contribution in [3.8, 4) is 0 Å². The zero-order valence-corrected chi connectivity index (χ0v) is 9.53. The molecule has 1 heterocycles. The van der Waals surface area contributed by atoms with Gasteiger partial charge in [-0.15, -0.1) is 0 Å². The molecule has 0 amide bonds. The molecule has 0 aliphatic rings. The Balaban J connectivity index is 2.95. The molecule has 4 nitrogen and oxygen atoms in total. The number of hydrogen-bond acceptors (Lipinski definition) is 4. The lowest BCUT2D eigenvalue weighted by molar-refractivity contribution is 0.0524. The predicted octanol–water partition coefficient (Wildman–Crippen LogP) is 1.57. The Hall–Kier alpha value is -0.720. The van der Waals surface area contributed by atoms with Crippen LogP contribution in [0.3, 0.4) is 0 Å². The van der Waals surface area contributed by atoms with Crippen LogP contribution in [0.1, 0.15) is 23.0 Å². The van der Waals surface area contributed by atoms with Gasteiger partial charge in [-0.1, -0.05) is 0 Å². The second-order valence-electron chi connectivity index (χ2n) is 2.36. The Morgan fingerprint density at radius 1 is 1.69 bits per heavy atom. The molecule has 0 unspecified atom stereocenters. The van der Waals surface area contributed by atoms with Crippen LogP contribution in [0.2, 0.25) is 0 Å². The van der Waals surface area contributed by atoms with Gasteiger partial charge in [0.15, 0.2) is 3.83 Å². The summed E-state index contributed by atoms with van der Waals surface area (Å²) in [5.74, 6) is -0.364. The third kappa shape index (κ3) is 2.61. The molecule has 70 valence electrons. The van der Waals surface area contributed by atoms with Crippen molar-refractivity contribution in [2.24, 2.45) is 0 Å². The Morgan fingerprint density at radius 3 is 2.92 bits per heavy atom. The predicted molar refractivity (Wildman–Crippen MR) is 55.4 cm³/mol. The minimum Gasteiger partial charge on any atom is -0.462 e. The monoisotopic (exact) mass is 292 g/mol. The lowest BCUT2D eigenvalue weighted by Crippen LogP contribution is -2.09. The van der Waals surface area contributed by atoms with Crippen LogP contribution in [0.15, 0.2) is 6.20 Å². The average molecular weight is 292 g/mol. The molecule has 0 radical (unpaired) electrons. The smallest absolute Gasteiger partial charge is 0.341 e. The number of hydrogen-bond donors (Lipinski definition) is 0. The molecule has 13 heavy (non-hydrogen) atoms. The van der Waals surface area contributed by atoms with Crippen molar-refractivity contribution >= 4 is 28.6 Å². The fourth-order valence-corrected chi connectivity index (χ4v) is 1.35. The molecule has 0 aliphatic carbocycles. The van der Waals surface area contributed by atoms with Gasteiger partial charge in [0.25, 0.3) is 0 Å². The van der Waals surface area contributed by atoms with E-state index in [1.54, 1.807) is 13.8 Å². The highest BCUT2D eigenvalue weighted by Crippen LogP contribution is 2.06. The molecular weight excluding hydrogens is 283 g/mol. The van der Waals surface area contributed by atoms with E-state index in [9.17, 15) is 4.79 Å². The number of halogens is 1. The number of carbonyl (C=O) groups excluding carboxylic acids is 1. The Bertz CT molecular complexity index is 328. The van der Waals surface area contributed by atoms with E-state index in [-0.39, 0.29) is 5.97 Å². The van der Waals surface area contributed by atoms with E-state index in [1.807, 2.05) is 22.6 Å². The van der Waals surface area contributed by atoms with Crippen LogP contribution in [-0.4, -0.2) is 22.5 Å². The normalized spacial score (nSPS) is 9.77. The minimum atomic E-state index is -0.364. The molecule has 5 heteroatoms. The summed E-state index contributed by atoms with van der Waals surface area (Å²) in [4.78, 5) is 19.2. The number of esters is 1. The fraction of sp³-hybridized carbons (Fsp3) is 0.375. The summed E-state index contributed by atoms with van der Waals surface area (Å²) in [6.07, 6.45) is 1.49. The van der Waals surface area contributed by atoms with Gasteiger partial charge in [-0.2, -0.15) is 0 Å². The van der Waals surface area contributed by atoms with E-state index in [4.69, 9.17) is 4.74 Å². The van der Waals surface area contributed by atoms with Crippen LogP contribution in [0.25, 0.3) is 0 Å². The molecule has 0 aromatic carbocycles. The summed E-state index contributed by atoms with van der Waals surface area (Å²) in [7, 11) is 0. The molecule has 0 saturated carbocycles. The third-order valence-electron chi connectivity index (χ3n) is 1.45. The van der Waals surface area contributed by atoms with Gasteiger partial charge in [0.1, 0.15) is 0 Å². The lowest BCUT2D eigenvalue weighted by Gasteiger charge is -2.03. The molecule has 0 aliphatic heterocycles. The second-order valence-corrected chi connectivity index (χ2v) is 3.32. The average Bonchev–Trinajstić information content (AvgIpc) is 2.04. The maximum atomic E-state index is 11.3. The van der Waals surface area contributed by atoms with E-state index in [2.05, 4.69) is 9.97 Å². The van der Waals surface area contributed by atoms with Crippen molar-refractivity contribution in [3.63, 3.8) is 0 Å². The van der Waals surface area contributed by atoms with E-state index in [0.717, 1.165) is 0 Å². The topological polar surface area (TPSA) is 52.1 Å². The van der Waals surface area contributed by atoms with Crippen LogP contribution in [-0.2, 0) is 4.74 Å². The molecule has 1 rings (SSSR count). The second kappa shape index (κ2) is 4.50. The summed E-state index contributed by atoms with van der Waals surface area (Å²) in [6, 6.07) is 0. The first-order valence-electron chi connectivity index (χ1n) is 3.81. The van der Waals surface area contributed by atoms with Crippen molar-refractivity contribution in [3.05, 3.63) is 21.3 Å². The quantitative estimate of drug-likeness (QED) is 0.471. The van der Waals surface area contributed by atoms with Crippen LogP contribution in [0.4, 0.5) is 0 Å². The molecule has 0 atom stereocenters. The highest BCUT2D eigenvalue weighted by atomic mass is 127. The van der Waals surface area contributed by atoms with Gasteiger partial charge >= 0.3 is 5.97 Å². The van der Waals surface area contributed by atoms with Gasteiger partial charge in [0.2, 0.25) is 0 Å². The number of nitrogens with zero attached hydrogens (tertiary/aromatic N) is 2. The zero-order valence-electron chi connectivity index (χ0n) is 7.37. The highest BCUT2D eigenvalue weighted by molar-refractivity contribution is 14.1. The molecule has 0 N–H and O–H groups in total. The molecule has 0 saturated heterocycles. The van der Waals surface area contributed by atoms with Gasteiger partial charge in [0, 0.05) is 28.8 Å². The minimum absolute atomic E-state index is 0.364. The van der Waals surface area contributed by atoms with Crippen molar-refractivity contribution in [2.75, 3.05) is 6.61 Å². The first-order valence-corrected chi connectivity index (χ1v) is 4.89. The summed E-state index contributed by atoms with van der Waals surface area (Å²) in [5.41, 5.74) is 1.08. The largest absolute Gasteiger partial charge is 0.462 e. The zero-order chi connectivity index (χ0) is 9.84. The molecule has 0 fully saturated rings. The third-order valence-corrected chi connectivity index (χ3v) is 1.97. The number of aromatic nitrogens is 2. The SMILES string of the molecule is CCOC(=O)c1cnc(I)nc1C. The van der Waals surface area contributed by atoms with Crippen molar-refractivity contribution in [1.82, 2.24) is 9.97 Å². The van der Waals surface area contributed by atoms with Crippen LogP contribution < -0.4 is 0 Å². The first-order chi connectivity index (χ1) is 6.15. The Kier molecular flexibility index (Phi) is 3.58. The van der Waals surface area contributed by atoms with Crippen LogP contribution in [0, 0.1) is 10.8 Å². The maximum Gasteiger partial charge on any atom is 0.341 e. The number of aryl methyl sites for hydroxylation is 1. The summed E-state index contributed by atoms with van der Waals surface area (Å²) in [5, 5.41) is 0. The molecule has 0 spiro atoms. The molecule has 1 aromatic heterocycles. The van der Waals surface area contributed by atoms with E-state index in [1.165, 1.54) is 6.20 Å². The molecule has 0 bridgehead atoms. The summed E-state index contributed by atoms with van der Waals surface area (Å²) < 4.78 is 5.46. The van der Waals surface area contributed by atoms with Crippen molar-refractivity contribution in [1.29, 1.82) is 0 Å².